The average Bonchev–Trinajstić information content (AvgIpc) is 3.01. The van der Waals surface area contributed by atoms with Gasteiger partial charge in [0.25, 0.3) is 0 Å². The van der Waals surface area contributed by atoms with Crippen LogP contribution in [0.2, 0.25) is 0 Å². The van der Waals surface area contributed by atoms with E-state index in [0.717, 1.165) is 5.69 Å². The summed E-state index contributed by atoms with van der Waals surface area (Å²) in [5.74, 6) is 0. The molecule has 3 nitrogen and oxygen atoms in total. The summed E-state index contributed by atoms with van der Waals surface area (Å²) in [5.41, 5.74) is 8.68. The fourth-order valence-corrected chi connectivity index (χ4v) is 3.87. The molecule has 2 aromatic heterocycles. The number of pyridine rings is 1. The van der Waals surface area contributed by atoms with Gasteiger partial charge in [0.15, 0.2) is 13.2 Å². The van der Waals surface area contributed by atoms with Crippen LogP contribution in [0.5, 0.6) is 0 Å². The Morgan fingerprint density at radius 1 is 1.04 bits per heavy atom. The van der Waals surface area contributed by atoms with E-state index in [1.165, 1.54) is 33.6 Å². The van der Waals surface area contributed by atoms with E-state index in [2.05, 4.69) is 86.8 Å². The summed E-state index contributed by atoms with van der Waals surface area (Å²) in [7, 11) is 2.08. The van der Waals surface area contributed by atoms with Crippen LogP contribution in [0.1, 0.15) is 36.4 Å². The Labute approximate surface area is 137 Å². The summed E-state index contributed by atoms with van der Waals surface area (Å²) < 4.78 is 4.36. The van der Waals surface area contributed by atoms with Crippen molar-refractivity contribution in [3.8, 4) is 16.8 Å². The van der Waals surface area contributed by atoms with E-state index in [9.17, 15) is 0 Å². The molecule has 0 fully saturated rings. The van der Waals surface area contributed by atoms with Crippen molar-refractivity contribution in [2.45, 2.75) is 33.1 Å². The third-order valence-electron chi connectivity index (χ3n) is 5.02. The summed E-state index contributed by atoms with van der Waals surface area (Å²) in [5, 5.41) is 0. The molecule has 0 N–H and O–H groups in total. The predicted octanol–water partition coefficient (Wildman–Crippen LogP) is 3.62. The Kier molecular flexibility index (Phi) is 2.80. The minimum absolute atomic E-state index is 0.102. The first-order valence-corrected chi connectivity index (χ1v) is 8.07. The molecule has 0 saturated carbocycles. The second-order valence-corrected chi connectivity index (χ2v) is 7.04. The first-order valence-electron chi connectivity index (χ1n) is 8.07. The molecule has 0 amide bonds. The number of aromatic nitrogens is 3. The highest BCUT2D eigenvalue weighted by Gasteiger charge is 2.40. The summed E-state index contributed by atoms with van der Waals surface area (Å²) >= 11 is 0. The van der Waals surface area contributed by atoms with E-state index < -0.39 is 0 Å². The topological polar surface area (TPSA) is 21.7 Å². The number of hydrogen-bond donors (Lipinski definition) is 0. The van der Waals surface area contributed by atoms with Gasteiger partial charge in [-0.1, -0.05) is 32.0 Å². The van der Waals surface area contributed by atoms with E-state index >= 15 is 0 Å². The number of aryl methyl sites for hydroxylation is 3. The number of hydrogen-bond acceptors (Lipinski definition) is 1. The molecule has 0 radical (unpaired) electrons. The van der Waals surface area contributed by atoms with Crippen LogP contribution < -0.4 is 4.68 Å². The fraction of sp³-hybridized carbons (Fsp3) is 0.300. The van der Waals surface area contributed by atoms with Crippen molar-refractivity contribution in [3.63, 3.8) is 0 Å². The normalized spacial score (nSPS) is 14.7. The van der Waals surface area contributed by atoms with Gasteiger partial charge in [0, 0.05) is 28.3 Å². The molecule has 0 aliphatic heterocycles. The first-order chi connectivity index (χ1) is 10.9. The molecule has 116 valence electrons. The summed E-state index contributed by atoms with van der Waals surface area (Å²) in [6, 6.07) is 10.9. The smallest absolute Gasteiger partial charge is 0.195 e. The number of rotatable bonds is 1. The fourth-order valence-electron chi connectivity index (χ4n) is 3.87. The Morgan fingerprint density at radius 3 is 2.48 bits per heavy atom. The van der Waals surface area contributed by atoms with Crippen LogP contribution in [-0.4, -0.2) is 9.67 Å². The van der Waals surface area contributed by atoms with Crippen LogP contribution in [0.4, 0.5) is 0 Å². The maximum absolute atomic E-state index is 4.88. The highest BCUT2D eigenvalue weighted by Crippen LogP contribution is 2.50. The average molecular weight is 304 g/mol. The van der Waals surface area contributed by atoms with E-state index in [0.29, 0.717) is 0 Å². The Bertz CT molecular complexity index is 932. The molecule has 1 aromatic carbocycles. The van der Waals surface area contributed by atoms with Crippen molar-refractivity contribution in [3.05, 3.63) is 65.2 Å². The van der Waals surface area contributed by atoms with Gasteiger partial charge in [0.05, 0.1) is 11.9 Å². The van der Waals surface area contributed by atoms with Crippen molar-refractivity contribution in [2.24, 2.45) is 7.05 Å². The third-order valence-corrected chi connectivity index (χ3v) is 5.02. The Morgan fingerprint density at radius 2 is 1.78 bits per heavy atom. The zero-order valence-corrected chi connectivity index (χ0v) is 14.4. The zero-order valence-electron chi connectivity index (χ0n) is 14.4. The molecule has 3 aromatic rings. The lowest BCUT2D eigenvalue weighted by molar-refractivity contribution is -0.744. The molecular formula is C20H22N3+. The van der Waals surface area contributed by atoms with Crippen molar-refractivity contribution in [1.29, 1.82) is 0 Å². The third kappa shape index (κ3) is 1.83. The standard InChI is InChI=1S/C20H22N3/c1-13-7-9-15-16-10-8-14(2)21-19(16)20(3,4)17(15)18(13)23-12-6-11-22(23)5/h6-12H,1-5H3/q+1. The molecule has 3 heteroatoms. The zero-order chi connectivity index (χ0) is 16.4. The molecule has 4 rings (SSSR count). The monoisotopic (exact) mass is 304 g/mol. The van der Waals surface area contributed by atoms with Crippen LogP contribution in [0.3, 0.4) is 0 Å². The van der Waals surface area contributed by atoms with Gasteiger partial charge in [0.2, 0.25) is 0 Å². The van der Waals surface area contributed by atoms with Gasteiger partial charge in [-0.3, -0.25) is 4.98 Å². The molecule has 0 atom stereocenters. The first kappa shape index (κ1) is 14.2. The highest BCUT2D eigenvalue weighted by atomic mass is 15.4. The van der Waals surface area contributed by atoms with Gasteiger partial charge in [-0.25, -0.2) is 0 Å². The predicted molar refractivity (Wildman–Crippen MR) is 91.8 cm³/mol. The molecule has 0 spiro atoms. The van der Waals surface area contributed by atoms with E-state index in [4.69, 9.17) is 4.98 Å². The Hall–Kier alpha value is -2.42. The van der Waals surface area contributed by atoms with Crippen molar-refractivity contribution in [2.75, 3.05) is 0 Å². The van der Waals surface area contributed by atoms with Crippen LogP contribution in [0, 0.1) is 13.8 Å². The molecule has 0 unspecified atom stereocenters. The van der Waals surface area contributed by atoms with E-state index in [1.54, 1.807) is 0 Å². The van der Waals surface area contributed by atoms with Gasteiger partial charge in [-0.2, -0.15) is 0 Å². The van der Waals surface area contributed by atoms with Gasteiger partial charge in [0.1, 0.15) is 5.69 Å². The molecule has 2 heterocycles. The minimum atomic E-state index is -0.102. The maximum atomic E-state index is 4.88. The quantitative estimate of drug-likeness (QED) is 0.629. The molecule has 1 aliphatic rings. The second-order valence-electron chi connectivity index (χ2n) is 7.04. The lowest BCUT2D eigenvalue weighted by Gasteiger charge is -2.23. The molecule has 23 heavy (non-hydrogen) atoms. The van der Waals surface area contributed by atoms with Crippen LogP contribution >= 0.6 is 0 Å². The summed E-state index contributed by atoms with van der Waals surface area (Å²) in [4.78, 5) is 4.88. The SMILES string of the molecule is Cc1ccc2c(n1)C(C)(C)c1c-2ccc(C)c1-n1ccc[n+]1C. The number of nitrogens with zero attached hydrogens (tertiary/aromatic N) is 3. The molecule has 0 bridgehead atoms. The van der Waals surface area contributed by atoms with Gasteiger partial charge in [-0.15, -0.1) is 9.36 Å². The van der Waals surface area contributed by atoms with Crippen LogP contribution in [0.25, 0.3) is 16.8 Å². The lowest BCUT2D eigenvalue weighted by Crippen LogP contribution is -2.38. The highest BCUT2D eigenvalue weighted by molar-refractivity contribution is 5.83. The van der Waals surface area contributed by atoms with E-state index in [1.807, 2.05) is 0 Å². The molecule has 1 aliphatic carbocycles. The lowest BCUT2D eigenvalue weighted by atomic mass is 9.83. The van der Waals surface area contributed by atoms with Gasteiger partial charge in [-0.05, 0) is 31.0 Å². The van der Waals surface area contributed by atoms with E-state index in [-0.39, 0.29) is 5.41 Å². The molecular weight excluding hydrogens is 282 g/mol. The van der Waals surface area contributed by atoms with Crippen molar-refractivity contribution < 1.29 is 4.68 Å². The van der Waals surface area contributed by atoms with Gasteiger partial charge < -0.3 is 0 Å². The number of benzene rings is 1. The number of fused-ring (bicyclic) bond motifs is 3. The van der Waals surface area contributed by atoms with Gasteiger partial charge >= 0.3 is 0 Å². The van der Waals surface area contributed by atoms with Crippen LogP contribution in [0.15, 0.2) is 42.7 Å². The minimum Gasteiger partial charge on any atom is -0.257 e. The molecule has 0 saturated heterocycles. The second kappa shape index (κ2) is 4.54. The summed E-state index contributed by atoms with van der Waals surface area (Å²) in [6.07, 6.45) is 4.21. The van der Waals surface area contributed by atoms with Crippen LogP contribution in [-0.2, 0) is 12.5 Å². The Balaban J connectivity index is 2.11. The largest absolute Gasteiger partial charge is 0.257 e. The maximum Gasteiger partial charge on any atom is 0.195 e. The van der Waals surface area contributed by atoms with Crippen molar-refractivity contribution >= 4 is 0 Å². The van der Waals surface area contributed by atoms with Crippen molar-refractivity contribution in [1.82, 2.24) is 9.67 Å². The summed E-state index contributed by atoms with van der Waals surface area (Å²) in [6.45, 7) is 8.83.